The van der Waals surface area contributed by atoms with E-state index in [2.05, 4.69) is 0 Å². The monoisotopic (exact) mass is 234 g/mol. The fourth-order valence-electron chi connectivity index (χ4n) is 1.65. The topological polar surface area (TPSA) is 54.4 Å². The smallest absolute Gasteiger partial charge is 0.317 e. The second-order valence-corrected chi connectivity index (χ2v) is 4.75. The molecule has 1 unspecified atom stereocenters. The maximum absolute atomic E-state index is 12.1. The third kappa shape index (κ3) is 2.73. The van der Waals surface area contributed by atoms with Gasteiger partial charge in [-0.05, 0) is 18.4 Å². The van der Waals surface area contributed by atoms with Crippen LogP contribution in [0.4, 0.5) is 0 Å². The zero-order valence-electron chi connectivity index (χ0n) is 10.4. The first-order chi connectivity index (χ1) is 7.89. The van der Waals surface area contributed by atoms with E-state index >= 15 is 0 Å². The minimum Gasteiger partial charge on any atom is -0.480 e. The van der Waals surface area contributed by atoms with Gasteiger partial charge in [0.05, 0.1) is 0 Å². The first-order valence-corrected chi connectivity index (χ1v) is 5.69. The largest absolute Gasteiger partial charge is 0.480 e. The average Bonchev–Trinajstić information content (AvgIpc) is 2.28. The van der Waals surface area contributed by atoms with Crippen molar-refractivity contribution in [3.63, 3.8) is 0 Å². The molecule has 1 atom stereocenters. The molecule has 0 fully saturated rings. The average molecular weight is 234 g/mol. The van der Waals surface area contributed by atoms with Crippen LogP contribution in [0.15, 0.2) is 30.3 Å². The molecule has 0 amide bonds. The van der Waals surface area contributed by atoms with Gasteiger partial charge in [-0.15, -0.1) is 0 Å². The number of hydrogen-bond donors (Lipinski definition) is 1. The number of carbonyl (C=O) groups excluding carboxylic acids is 1. The number of ketones is 1. The molecule has 0 aliphatic carbocycles. The van der Waals surface area contributed by atoms with Crippen LogP contribution in [0, 0.1) is 11.3 Å². The number of carboxylic acid groups (broad SMARTS) is 1. The maximum atomic E-state index is 12.1. The van der Waals surface area contributed by atoms with Crippen LogP contribution in [0.25, 0.3) is 0 Å². The van der Waals surface area contributed by atoms with Crippen molar-refractivity contribution in [3.8, 4) is 0 Å². The second-order valence-electron chi connectivity index (χ2n) is 4.75. The number of carbonyl (C=O) groups is 2. The zero-order valence-corrected chi connectivity index (χ0v) is 10.4. The van der Waals surface area contributed by atoms with Crippen molar-refractivity contribution in [1.82, 2.24) is 0 Å². The Kier molecular flexibility index (Phi) is 4.05. The van der Waals surface area contributed by atoms with Crippen molar-refractivity contribution in [2.24, 2.45) is 11.3 Å². The Morgan fingerprint density at radius 1 is 1.24 bits per heavy atom. The van der Waals surface area contributed by atoms with E-state index in [1.165, 1.54) is 6.92 Å². The van der Waals surface area contributed by atoms with Crippen LogP contribution < -0.4 is 0 Å². The molecule has 0 aromatic heterocycles. The standard InChI is InChI=1S/C14H18O3/c1-10(2)14(3,13(16)17)12(15)9-11-7-5-4-6-8-11/h4-8,10H,9H2,1-3H3,(H,16,17). The summed E-state index contributed by atoms with van der Waals surface area (Å²) in [6, 6.07) is 9.22. The van der Waals surface area contributed by atoms with Crippen LogP contribution in [0.3, 0.4) is 0 Å². The molecule has 0 saturated heterocycles. The lowest BCUT2D eigenvalue weighted by Gasteiger charge is -2.27. The molecule has 0 heterocycles. The molecule has 0 aliphatic heterocycles. The van der Waals surface area contributed by atoms with Crippen molar-refractivity contribution >= 4 is 11.8 Å². The molecule has 3 heteroatoms. The first-order valence-electron chi connectivity index (χ1n) is 5.69. The van der Waals surface area contributed by atoms with Crippen LogP contribution in [-0.4, -0.2) is 16.9 Å². The van der Waals surface area contributed by atoms with Crippen LogP contribution in [0.1, 0.15) is 26.3 Å². The van der Waals surface area contributed by atoms with Gasteiger partial charge in [-0.3, -0.25) is 9.59 Å². The predicted octanol–water partition coefficient (Wildman–Crippen LogP) is 2.55. The van der Waals surface area contributed by atoms with Gasteiger partial charge in [0.15, 0.2) is 5.78 Å². The Bertz CT molecular complexity index is 409. The number of aliphatic carboxylic acids is 1. The van der Waals surface area contributed by atoms with E-state index in [1.54, 1.807) is 13.8 Å². The van der Waals surface area contributed by atoms with Crippen molar-refractivity contribution in [2.75, 3.05) is 0 Å². The van der Waals surface area contributed by atoms with E-state index in [0.29, 0.717) is 0 Å². The van der Waals surface area contributed by atoms with E-state index in [9.17, 15) is 14.7 Å². The number of hydrogen-bond acceptors (Lipinski definition) is 2. The lowest BCUT2D eigenvalue weighted by molar-refractivity contribution is -0.156. The SMILES string of the molecule is CC(C)C(C)(C(=O)O)C(=O)Cc1ccccc1. The molecule has 1 rings (SSSR count). The predicted molar refractivity (Wildman–Crippen MR) is 65.7 cm³/mol. The van der Waals surface area contributed by atoms with E-state index < -0.39 is 11.4 Å². The molecule has 3 nitrogen and oxygen atoms in total. The summed E-state index contributed by atoms with van der Waals surface area (Å²) in [5.41, 5.74) is -0.457. The lowest BCUT2D eigenvalue weighted by atomic mass is 9.74. The Morgan fingerprint density at radius 3 is 2.18 bits per heavy atom. The Hall–Kier alpha value is -1.64. The first kappa shape index (κ1) is 13.4. The van der Waals surface area contributed by atoms with Crippen LogP contribution >= 0.6 is 0 Å². The van der Waals surface area contributed by atoms with Gasteiger partial charge < -0.3 is 5.11 Å². The van der Waals surface area contributed by atoms with Crippen LogP contribution in [0.2, 0.25) is 0 Å². The summed E-state index contributed by atoms with van der Waals surface area (Å²) in [5.74, 6) is -1.52. The summed E-state index contributed by atoms with van der Waals surface area (Å²) in [7, 11) is 0. The summed E-state index contributed by atoms with van der Waals surface area (Å²) < 4.78 is 0. The van der Waals surface area contributed by atoms with Gasteiger partial charge in [0, 0.05) is 6.42 Å². The summed E-state index contributed by atoms with van der Waals surface area (Å²) in [5, 5.41) is 9.23. The minimum absolute atomic E-state index is 0.168. The highest BCUT2D eigenvalue weighted by atomic mass is 16.4. The molecule has 0 spiro atoms. The van der Waals surface area contributed by atoms with Gasteiger partial charge >= 0.3 is 5.97 Å². The van der Waals surface area contributed by atoms with E-state index in [-0.39, 0.29) is 18.1 Å². The highest BCUT2D eigenvalue weighted by Gasteiger charge is 2.43. The molecule has 1 aromatic rings. The van der Waals surface area contributed by atoms with E-state index in [0.717, 1.165) is 5.56 Å². The van der Waals surface area contributed by atoms with Gasteiger partial charge in [0.1, 0.15) is 5.41 Å². The Balaban J connectivity index is 2.92. The van der Waals surface area contributed by atoms with Gasteiger partial charge in [0.25, 0.3) is 0 Å². The quantitative estimate of drug-likeness (QED) is 0.796. The maximum Gasteiger partial charge on any atom is 0.317 e. The molecule has 17 heavy (non-hydrogen) atoms. The lowest BCUT2D eigenvalue weighted by Crippen LogP contribution is -2.42. The summed E-state index contributed by atoms with van der Waals surface area (Å²) >= 11 is 0. The third-order valence-corrected chi connectivity index (χ3v) is 3.39. The fourth-order valence-corrected chi connectivity index (χ4v) is 1.65. The molecule has 0 bridgehead atoms. The number of Topliss-reactive ketones (excluding diaryl/α,β-unsaturated/α-hetero) is 1. The Labute approximate surface area is 101 Å². The molecule has 0 aliphatic rings. The molecule has 1 N–H and O–H groups in total. The van der Waals surface area contributed by atoms with Gasteiger partial charge in [-0.2, -0.15) is 0 Å². The second kappa shape index (κ2) is 5.13. The van der Waals surface area contributed by atoms with Gasteiger partial charge in [0.2, 0.25) is 0 Å². The summed E-state index contributed by atoms with van der Waals surface area (Å²) in [4.78, 5) is 23.4. The highest BCUT2D eigenvalue weighted by molar-refractivity contribution is 6.03. The molecular weight excluding hydrogens is 216 g/mol. The van der Waals surface area contributed by atoms with E-state index in [1.807, 2.05) is 30.3 Å². The van der Waals surface area contributed by atoms with Crippen molar-refractivity contribution < 1.29 is 14.7 Å². The minimum atomic E-state index is -1.31. The summed E-state index contributed by atoms with van der Waals surface area (Å²) in [6.07, 6.45) is 0.168. The van der Waals surface area contributed by atoms with E-state index in [4.69, 9.17) is 0 Å². The van der Waals surface area contributed by atoms with Crippen molar-refractivity contribution in [3.05, 3.63) is 35.9 Å². The van der Waals surface area contributed by atoms with Crippen molar-refractivity contribution in [2.45, 2.75) is 27.2 Å². The summed E-state index contributed by atoms with van der Waals surface area (Å²) in [6.45, 7) is 5.03. The highest BCUT2D eigenvalue weighted by Crippen LogP contribution is 2.29. The molecule has 1 aromatic carbocycles. The molecule has 92 valence electrons. The van der Waals surface area contributed by atoms with Crippen LogP contribution in [0.5, 0.6) is 0 Å². The number of rotatable bonds is 5. The molecule has 0 radical (unpaired) electrons. The third-order valence-electron chi connectivity index (χ3n) is 3.39. The van der Waals surface area contributed by atoms with Gasteiger partial charge in [-0.25, -0.2) is 0 Å². The zero-order chi connectivity index (χ0) is 13.1. The normalized spacial score (nSPS) is 14.4. The fraction of sp³-hybridized carbons (Fsp3) is 0.429. The van der Waals surface area contributed by atoms with Gasteiger partial charge in [-0.1, -0.05) is 44.2 Å². The van der Waals surface area contributed by atoms with Crippen LogP contribution in [-0.2, 0) is 16.0 Å². The van der Waals surface area contributed by atoms with Crippen molar-refractivity contribution in [1.29, 1.82) is 0 Å². The number of carboxylic acids is 1. The molecule has 0 saturated carbocycles. The Morgan fingerprint density at radius 2 is 1.76 bits per heavy atom. The molecular formula is C14H18O3. The number of benzene rings is 1.